The Balaban J connectivity index is 0.000000280. The number of carbonyl (C=O) groups is 5. The Hall–Kier alpha value is -3.23. The van der Waals surface area contributed by atoms with Gasteiger partial charge in [-0.2, -0.15) is 0 Å². The van der Waals surface area contributed by atoms with Crippen LogP contribution >= 0.6 is 0 Å². The minimum Gasteiger partial charge on any atom is -0.481 e. The minimum absolute atomic E-state index is 0.0893. The predicted octanol–water partition coefficient (Wildman–Crippen LogP) is 3.05. The van der Waals surface area contributed by atoms with Crippen molar-refractivity contribution in [2.24, 2.45) is 0 Å². The van der Waals surface area contributed by atoms with Gasteiger partial charge in [0.1, 0.15) is 24.7 Å². The summed E-state index contributed by atoms with van der Waals surface area (Å²) in [6.45, 7) is 20.2. The second-order valence-corrected chi connectivity index (χ2v) is 17.0. The normalized spacial score (nSPS) is 25.9. The Morgan fingerprint density at radius 3 is 1.67 bits per heavy atom. The summed E-state index contributed by atoms with van der Waals surface area (Å²) in [6, 6.07) is 0. The van der Waals surface area contributed by atoms with E-state index in [1.165, 1.54) is 34.4 Å². The first kappa shape index (κ1) is 36.0. The lowest BCUT2D eigenvalue weighted by Gasteiger charge is -2.37. The number of carbonyl (C=O) groups excluding carboxylic acids is 4. The maximum atomic E-state index is 12.0. The highest BCUT2D eigenvalue weighted by molar-refractivity contribution is 6.74. The Morgan fingerprint density at radius 2 is 1.33 bits per heavy atom. The van der Waals surface area contributed by atoms with Crippen LogP contribution in [0.3, 0.4) is 0 Å². The van der Waals surface area contributed by atoms with Gasteiger partial charge in [0.2, 0.25) is 11.8 Å². The molecule has 4 aliphatic heterocycles. The molecule has 4 rings (SSSR count). The van der Waals surface area contributed by atoms with Gasteiger partial charge in [0, 0.05) is 32.2 Å². The average Bonchev–Trinajstić information content (AvgIpc) is 3.43. The number of carboxylic acids is 1. The van der Waals surface area contributed by atoms with Crippen molar-refractivity contribution in [2.45, 2.75) is 96.2 Å². The van der Waals surface area contributed by atoms with Crippen LogP contribution in [0.1, 0.15) is 53.4 Å². The molecule has 2 saturated heterocycles. The SMILES string of the molecule is C=C1C[C@@H](N2C=CC(=O)CC2=O)O[C@H]1CO.C=C1C[C@@H](N2C=CC(=O)CC2=O)O[C@H]1CO[Si](C)(C)C(C)(C)C.CC(=O)O. The first-order valence-electron chi connectivity index (χ1n) is 14.0. The summed E-state index contributed by atoms with van der Waals surface area (Å²) in [5.41, 5.74) is 1.71. The van der Waals surface area contributed by atoms with Crippen LogP contribution in [0.2, 0.25) is 18.1 Å². The number of amides is 2. The summed E-state index contributed by atoms with van der Waals surface area (Å²) in [7, 11) is -1.85. The number of carboxylic acid groups (broad SMARTS) is 1. The number of allylic oxidation sites excluding steroid dienone is 2. The fourth-order valence-electron chi connectivity index (χ4n) is 4.14. The van der Waals surface area contributed by atoms with E-state index in [0.717, 1.165) is 18.1 Å². The van der Waals surface area contributed by atoms with Gasteiger partial charge in [-0.1, -0.05) is 33.9 Å². The number of aliphatic carboxylic acids is 1. The van der Waals surface area contributed by atoms with Crippen molar-refractivity contribution >= 4 is 37.7 Å². The third-order valence-corrected chi connectivity index (χ3v) is 12.2. The molecule has 2 amide bonds. The smallest absolute Gasteiger partial charge is 0.300 e. The Bertz CT molecular complexity index is 1180. The number of hydrogen-bond acceptors (Lipinski definition) is 9. The number of aliphatic hydroxyl groups is 1. The fourth-order valence-corrected chi connectivity index (χ4v) is 5.14. The van der Waals surface area contributed by atoms with Gasteiger partial charge >= 0.3 is 0 Å². The van der Waals surface area contributed by atoms with E-state index < -0.39 is 26.6 Å². The molecule has 43 heavy (non-hydrogen) atoms. The average molecular weight is 621 g/mol. The molecule has 0 aromatic carbocycles. The molecule has 0 aromatic rings. The zero-order valence-corrected chi connectivity index (χ0v) is 26.8. The largest absolute Gasteiger partial charge is 0.481 e. The van der Waals surface area contributed by atoms with Crippen LogP contribution in [0.15, 0.2) is 48.9 Å². The number of rotatable bonds is 6. The van der Waals surface area contributed by atoms with Gasteiger partial charge in [0.25, 0.3) is 5.97 Å². The number of ether oxygens (including phenoxy) is 2. The number of nitrogens with zero attached hydrogens (tertiary/aromatic N) is 2. The van der Waals surface area contributed by atoms with Gasteiger partial charge in [-0.15, -0.1) is 0 Å². The van der Waals surface area contributed by atoms with Crippen molar-refractivity contribution in [1.82, 2.24) is 9.80 Å². The number of aliphatic hydroxyl groups excluding tert-OH is 1. The fraction of sp³-hybridized carbons (Fsp3) is 0.567. The molecular formula is C30H44N2O10Si. The first-order chi connectivity index (χ1) is 19.9. The Labute approximate surface area is 253 Å². The summed E-state index contributed by atoms with van der Waals surface area (Å²) in [6.07, 6.45) is 5.17. The van der Waals surface area contributed by atoms with E-state index in [2.05, 4.69) is 47.0 Å². The molecule has 2 N–H and O–H groups in total. The van der Waals surface area contributed by atoms with Crippen molar-refractivity contribution < 1.29 is 48.1 Å². The Morgan fingerprint density at radius 1 is 0.930 bits per heavy atom. The molecule has 0 spiro atoms. The van der Waals surface area contributed by atoms with Crippen LogP contribution in [0.4, 0.5) is 0 Å². The lowest BCUT2D eigenvalue weighted by atomic mass is 10.1. The van der Waals surface area contributed by atoms with E-state index >= 15 is 0 Å². The Kier molecular flexibility index (Phi) is 12.5. The lowest BCUT2D eigenvalue weighted by molar-refractivity contribution is -0.145. The summed E-state index contributed by atoms with van der Waals surface area (Å²) >= 11 is 0. The maximum absolute atomic E-state index is 12.0. The highest BCUT2D eigenvalue weighted by atomic mass is 28.4. The van der Waals surface area contributed by atoms with Crippen LogP contribution in [0.5, 0.6) is 0 Å². The van der Waals surface area contributed by atoms with Gasteiger partial charge in [-0.05, 0) is 41.4 Å². The van der Waals surface area contributed by atoms with E-state index in [1.807, 2.05) is 0 Å². The lowest BCUT2D eigenvalue weighted by Crippen LogP contribution is -2.43. The van der Waals surface area contributed by atoms with E-state index in [1.54, 1.807) is 0 Å². The highest BCUT2D eigenvalue weighted by Gasteiger charge is 2.41. The monoisotopic (exact) mass is 620 g/mol. The van der Waals surface area contributed by atoms with Gasteiger partial charge in [-0.3, -0.25) is 33.8 Å². The van der Waals surface area contributed by atoms with Gasteiger partial charge < -0.3 is 24.1 Å². The van der Waals surface area contributed by atoms with E-state index in [4.69, 9.17) is 28.9 Å². The predicted molar refractivity (Wildman–Crippen MR) is 160 cm³/mol. The van der Waals surface area contributed by atoms with Gasteiger partial charge in [0.05, 0.1) is 26.1 Å². The molecule has 4 heterocycles. The maximum Gasteiger partial charge on any atom is 0.300 e. The second-order valence-electron chi connectivity index (χ2n) is 12.2. The number of hydrogen-bond donors (Lipinski definition) is 2. The van der Waals surface area contributed by atoms with Gasteiger partial charge in [0.15, 0.2) is 19.9 Å². The molecule has 0 saturated carbocycles. The molecule has 0 radical (unpaired) electrons. The van der Waals surface area contributed by atoms with Crippen LogP contribution in [-0.4, -0.2) is 95.6 Å². The molecule has 4 atom stereocenters. The molecule has 0 aliphatic carbocycles. The van der Waals surface area contributed by atoms with Crippen molar-refractivity contribution in [1.29, 1.82) is 0 Å². The molecule has 4 aliphatic rings. The summed E-state index contributed by atoms with van der Waals surface area (Å²) < 4.78 is 17.6. The molecule has 0 aromatic heterocycles. The zero-order valence-electron chi connectivity index (χ0n) is 25.8. The molecule has 2 fully saturated rings. The van der Waals surface area contributed by atoms with Crippen LogP contribution in [0, 0.1) is 0 Å². The standard InChI is InChI=1S/C17H27NO4Si.C11H13NO4.C2H4O2/c1-12-9-16(18-8-7-13(19)10-15(18)20)22-14(12)11-21-23(5,6)17(2,3)4;1-7-4-11(16-9(7)6-13)12-3-2-8(14)5-10(12)15;1-2(3)4/h7-8,14,16H,1,9-11H2,2-6H3;2-3,9,11,13H,1,4-6H2;1H3,(H,3,4)/t14-,16-;9-,11-;/m00./s1. The molecule has 13 heteroatoms. The molecule has 0 unspecified atom stereocenters. The third-order valence-electron chi connectivity index (χ3n) is 7.68. The molecule has 12 nitrogen and oxygen atoms in total. The van der Waals surface area contributed by atoms with Crippen LogP contribution < -0.4 is 0 Å². The van der Waals surface area contributed by atoms with Gasteiger partial charge in [-0.25, -0.2) is 0 Å². The number of ketones is 2. The van der Waals surface area contributed by atoms with Crippen molar-refractivity contribution in [3.63, 3.8) is 0 Å². The van der Waals surface area contributed by atoms with Crippen molar-refractivity contribution in [3.05, 3.63) is 48.9 Å². The molecule has 238 valence electrons. The zero-order chi connectivity index (χ0) is 32.7. The topological polar surface area (TPSA) is 160 Å². The van der Waals surface area contributed by atoms with Crippen molar-refractivity contribution in [3.8, 4) is 0 Å². The molecule has 0 bridgehead atoms. The van der Waals surface area contributed by atoms with E-state index in [-0.39, 0.29) is 60.2 Å². The minimum atomic E-state index is -1.85. The van der Waals surface area contributed by atoms with Crippen molar-refractivity contribution in [2.75, 3.05) is 13.2 Å². The van der Waals surface area contributed by atoms with Crippen LogP contribution in [0.25, 0.3) is 0 Å². The van der Waals surface area contributed by atoms with Crippen LogP contribution in [-0.2, 0) is 37.9 Å². The summed E-state index contributed by atoms with van der Waals surface area (Å²) in [5.74, 6) is -1.69. The quantitative estimate of drug-likeness (QED) is 0.257. The second kappa shape index (κ2) is 15.0. The molecular weight excluding hydrogens is 576 g/mol. The van der Waals surface area contributed by atoms with E-state index in [0.29, 0.717) is 19.4 Å². The summed E-state index contributed by atoms with van der Waals surface area (Å²) in [5, 5.41) is 16.6. The summed E-state index contributed by atoms with van der Waals surface area (Å²) in [4.78, 5) is 57.7. The van der Waals surface area contributed by atoms with E-state index in [9.17, 15) is 19.2 Å². The first-order valence-corrected chi connectivity index (χ1v) is 16.9. The highest BCUT2D eigenvalue weighted by Crippen LogP contribution is 2.38. The third kappa shape index (κ3) is 10.2.